The van der Waals surface area contributed by atoms with Crippen molar-refractivity contribution in [1.29, 1.82) is 0 Å². The van der Waals surface area contributed by atoms with E-state index in [1.54, 1.807) is 7.11 Å². The molecule has 2 aliphatic heterocycles. The van der Waals surface area contributed by atoms with Crippen molar-refractivity contribution in [2.45, 2.75) is 32.7 Å². The second-order valence-corrected chi connectivity index (χ2v) is 9.86. The highest BCUT2D eigenvalue weighted by Gasteiger charge is 2.22. The van der Waals surface area contributed by atoms with Gasteiger partial charge >= 0.3 is 0 Å². The SMILES string of the molecule is COc1cccc(N2CCN(c3nc4cc(C)ccc4cc3CNCCCN3CCCC3=O)CC2)c1. The van der Waals surface area contributed by atoms with Gasteiger partial charge in [0.2, 0.25) is 5.91 Å². The fraction of sp³-hybridized carbons (Fsp3) is 0.448. The number of hydrogen-bond donors (Lipinski definition) is 1. The van der Waals surface area contributed by atoms with E-state index >= 15 is 0 Å². The Morgan fingerprint density at radius 1 is 1.00 bits per heavy atom. The summed E-state index contributed by atoms with van der Waals surface area (Å²) in [5.41, 5.74) is 4.72. The molecule has 2 aromatic carbocycles. The van der Waals surface area contributed by atoms with E-state index in [1.807, 2.05) is 11.0 Å². The first-order chi connectivity index (χ1) is 17.6. The summed E-state index contributed by atoms with van der Waals surface area (Å²) in [6.45, 7) is 9.27. The molecular weight excluding hydrogens is 450 g/mol. The van der Waals surface area contributed by atoms with E-state index in [0.717, 1.165) is 82.3 Å². The molecule has 5 rings (SSSR count). The van der Waals surface area contributed by atoms with Crippen molar-refractivity contribution < 1.29 is 9.53 Å². The van der Waals surface area contributed by atoms with Gasteiger partial charge in [-0.25, -0.2) is 4.98 Å². The van der Waals surface area contributed by atoms with Crippen LogP contribution in [0.5, 0.6) is 5.75 Å². The summed E-state index contributed by atoms with van der Waals surface area (Å²) in [5, 5.41) is 4.79. The molecule has 0 bridgehead atoms. The predicted octanol–water partition coefficient (Wildman–Crippen LogP) is 3.98. The van der Waals surface area contributed by atoms with Crippen molar-refractivity contribution in [2.75, 3.05) is 62.7 Å². The molecule has 0 spiro atoms. The van der Waals surface area contributed by atoms with Crippen LogP contribution in [-0.2, 0) is 11.3 Å². The van der Waals surface area contributed by atoms with Crippen LogP contribution in [-0.4, -0.2) is 68.7 Å². The minimum Gasteiger partial charge on any atom is -0.497 e. The normalized spacial score (nSPS) is 16.3. The van der Waals surface area contributed by atoms with Crippen molar-refractivity contribution in [3.63, 3.8) is 0 Å². The van der Waals surface area contributed by atoms with E-state index < -0.39 is 0 Å². The maximum absolute atomic E-state index is 11.9. The number of methoxy groups -OCH3 is 1. The average molecular weight is 488 g/mol. The van der Waals surface area contributed by atoms with Gasteiger partial charge in [-0.15, -0.1) is 0 Å². The number of carbonyl (C=O) groups is 1. The van der Waals surface area contributed by atoms with Crippen LogP contribution in [0.4, 0.5) is 11.5 Å². The standard InChI is InChI=1S/C29H37N5O2/c1-22-9-10-23-19-24(21-30-11-5-13-33-12-4-8-28(33)35)29(31-27(23)18-22)34-16-14-32(15-17-34)25-6-3-7-26(20-25)36-2/h3,6-7,9-10,18-20,30H,4-5,8,11-17,21H2,1-2H3. The first-order valence-electron chi connectivity index (χ1n) is 13.1. The summed E-state index contributed by atoms with van der Waals surface area (Å²) in [6, 6.07) is 17.1. The van der Waals surface area contributed by atoms with Gasteiger partial charge < -0.3 is 24.8 Å². The zero-order chi connectivity index (χ0) is 24.9. The highest BCUT2D eigenvalue weighted by atomic mass is 16.5. The van der Waals surface area contributed by atoms with Crippen LogP contribution in [0.2, 0.25) is 0 Å². The Morgan fingerprint density at radius 3 is 2.61 bits per heavy atom. The minimum absolute atomic E-state index is 0.305. The van der Waals surface area contributed by atoms with Gasteiger partial charge in [-0.3, -0.25) is 4.79 Å². The lowest BCUT2D eigenvalue weighted by Gasteiger charge is -2.37. The number of pyridine rings is 1. The number of hydrogen-bond acceptors (Lipinski definition) is 6. The molecule has 3 aromatic rings. The smallest absolute Gasteiger partial charge is 0.222 e. The number of benzene rings is 2. The molecule has 7 heteroatoms. The lowest BCUT2D eigenvalue weighted by molar-refractivity contribution is -0.127. The molecule has 7 nitrogen and oxygen atoms in total. The molecule has 2 aliphatic rings. The Bertz CT molecular complexity index is 1210. The molecular formula is C29H37N5O2. The number of anilines is 2. The zero-order valence-corrected chi connectivity index (χ0v) is 21.5. The summed E-state index contributed by atoms with van der Waals surface area (Å²) in [4.78, 5) is 23.8. The summed E-state index contributed by atoms with van der Waals surface area (Å²) in [5.74, 6) is 2.28. The van der Waals surface area contributed by atoms with Crippen LogP contribution in [0.25, 0.3) is 10.9 Å². The topological polar surface area (TPSA) is 60.9 Å². The lowest BCUT2D eigenvalue weighted by atomic mass is 10.1. The second kappa shape index (κ2) is 11.2. The number of aryl methyl sites for hydroxylation is 1. The van der Waals surface area contributed by atoms with Gasteiger partial charge in [0.15, 0.2) is 0 Å². The molecule has 1 amide bonds. The van der Waals surface area contributed by atoms with Crippen molar-refractivity contribution in [2.24, 2.45) is 0 Å². The molecule has 2 fully saturated rings. The van der Waals surface area contributed by atoms with Gasteiger partial charge in [0.25, 0.3) is 0 Å². The van der Waals surface area contributed by atoms with Crippen LogP contribution >= 0.6 is 0 Å². The monoisotopic (exact) mass is 487 g/mol. The van der Waals surface area contributed by atoms with E-state index in [0.29, 0.717) is 12.3 Å². The van der Waals surface area contributed by atoms with Crippen LogP contribution in [0.1, 0.15) is 30.4 Å². The van der Waals surface area contributed by atoms with Crippen LogP contribution in [0, 0.1) is 6.92 Å². The molecule has 0 radical (unpaired) electrons. The van der Waals surface area contributed by atoms with Crippen molar-refractivity contribution in [3.8, 4) is 5.75 Å². The van der Waals surface area contributed by atoms with Gasteiger partial charge in [0.05, 0.1) is 12.6 Å². The Labute approximate surface area is 214 Å². The van der Waals surface area contributed by atoms with E-state index in [4.69, 9.17) is 9.72 Å². The van der Waals surface area contributed by atoms with E-state index in [9.17, 15) is 4.79 Å². The number of amides is 1. The van der Waals surface area contributed by atoms with E-state index in [-0.39, 0.29) is 0 Å². The Balaban J connectivity index is 1.26. The minimum atomic E-state index is 0.305. The average Bonchev–Trinajstić information content (AvgIpc) is 3.32. The molecule has 1 N–H and O–H groups in total. The molecule has 0 unspecified atom stereocenters. The first kappa shape index (κ1) is 24.4. The molecule has 0 aliphatic carbocycles. The quantitative estimate of drug-likeness (QED) is 0.461. The summed E-state index contributed by atoms with van der Waals surface area (Å²) < 4.78 is 5.42. The number of carbonyl (C=O) groups excluding carboxylic acids is 1. The molecule has 1 aromatic heterocycles. The van der Waals surface area contributed by atoms with Crippen LogP contribution < -0.4 is 19.9 Å². The molecule has 0 atom stereocenters. The van der Waals surface area contributed by atoms with Crippen LogP contribution in [0.15, 0.2) is 48.5 Å². The Hall–Kier alpha value is -3.32. The predicted molar refractivity (Wildman–Crippen MR) is 146 cm³/mol. The third kappa shape index (κ3) is 5.57. The highest BCUT2D eigenvalue weighted by molar-refractivity contribution is 5.82. The maximum Gasteiger partial charge on any atom is 0.222 e. The van der Waals surface area contributed by atoms with E-state index in [2.05, 4.69) is 64.5 Å². The maximum atomic E-state index is 11.9. The third-order valence-corrected chi connectivity index (χ3v) is 7.30. The number of likely N-dealkylation sites (tertiary alicyclic amines) is 1. The van der Waals surface area contributed by atoms with E-state index in [1.165, 1.54) is 22.2 Å². The van der Waals surface area contributed by atoms with Gasteiger partial charge in [0, 0.05) is 74.9 Å². The molecule has 2 saturated heterocycles. The fourth-order valence-electron chi connectivity index (χ4n) is 5.26. The van der Waals surface area contributed by atoms with Crippen molar-refractivity contribution in [3.05, 3.63) is 59.7 Å². The first-order valence-corrected chi connectivity index (χ1v) is 13.1. The highest BCUT2D eigenvalue weighted by Crippen LogP contribution is 2.28. The summed E-state index contributed by atoms with van der Waals surface area (Å²) in [6.07, 6.45) is 2.69. The Kier molecular flexibility index (Phi) is 7.56. The largest absolute Gasteiger partial charge is 0.497 e. The number of fused-ring (bicyclic) bond motifs is 1. The number of rotatable bonds is 9. The fourth-order valence-corrected chi connectivity index (χ4v) is 5.26. The number of piperazine rings is 1. The molecule has 190 valence electrons. The number of nitrogens with zero attached hydrogens (tertiary/aromatic N) is 4. The van der Waals surface area contributed by atoms with Crippen LogP contribution in [0.3, 0.4) is 0 Å². The molecule has 36 heavy (non-hydrogen) atoms. The molecule has 0 saturated carbocycles. The summed E-state index contributed by atoms with van der Waals surface area (Å²) in [7, 11) is 1.71. The third-order valence-electron chi connectivity index (χ3n) is 7.30. The molecule has 3 heterocycles. The Morgan fingerprint density at radius 2 is 1.83 bits per heavy atom. The number of aromatic nitrogens is 1. The lowest BCUT2D eigenvalue weighted by Crippen LogP contribution is -2.47. The van der Waals surface area contributed by atoms with Crippen molar-refractivity contribution in [1.82, 2.24) is 15.2 Å². The van der Waals surface area contributed by atoms with Gasteiger partial charge in [-0.05, 0) is 56.1 Å². The zero-order valence-electron chi connectivity index (χ0n) is 21.5. The van der Waals surface area contributed by atoms with Crippen molar-refractivity contribution >= 4 is 28.3 Å². The van der Waals surface area contributed by atoms with Gasteiger partial charge in [-0.1, -0.05) is 18.2 Å². The number of nitrogens with one attached hydrogen (secondary N) is 1. The summed E-state index contributed by atoms with van der Waals surface area (Å²) >= 11 is 0. The number of ether oxygens (including phenoxy) is 1. The van der Waals surface area contributed by atoms with Gasteiger partial charge in [-0.2, -0.15) is 0 Å². The second-order valence-electron chi connectivity index (χ2n) is 9.86. The van der Waals surface area contributed by atoms with Gasteiger partial charge in [0.1, 0.15) is 11.6 Å².